The number of hydrogen-bond acceptors (Lipinski definition) is 9. The molecule has 4 heterocycles. The quantitative estimate of drug-likeness (QED) is 0.465. The number of H-pyrrole nitrogens is 1. The second-order valence-electron chi connectivity index (χ2n) is 7.89. The summed E-state index contributed by atoms with van der Waals surface area (Å²) in [5.74, 6) is 0.715. The molecule has 3 aromatic heterocycles. The number of rotatable bonds is 9. The molecular formula is C21H29N7O4. The number of nitrogens with zero attached hydrogens (tertiary/aromatic N) is 5. The van der Waals surface area contributed by atoms with Crippen LogP contribution in [-0.2, 0) is 11.3 Å². The lowest BCUT2D eigenvalue weighted by Crippen LogP contribution is -2.40. The maximum atomic E-state index is 12.5. The van der Waals surface area contributed by atoms with Gasteiger partial charge >= 0.3 is 11.7 Å². The third-order valence-corrected chi connectivity index (χ3v) is 5.63. The van der Waals surface area contributed by atoms with Crippen molar-refractivity contribution in [2.75, 3.05) is 46.3 Å². The SMILES string of the molecule is COCCOc1nc(N)c2[nH]c(=O)n(Cc3ccc(OCC4CCCCN4C)nc3)c2n1. The molecule has 3 N–H and O–H groups in total. The number of imidazole rings is 1. The van der Waals surface area contributed by atoms with Gasteiger partial charge in [-0.25, -0.2) is 9.78 Å². The number of nitrogens with one attached hydrogen (secondary N) is 1. The average Bonchev–Trinajstić information content (AvgIpc) is 3.10. The molecule has 1 aliphatic rings. The Hall–Kier alpha value is -3.18. The number of hydrogen-bond donors (Lipinski definition) is 2. The maximum Gasteiger partial charge on any atom is 0.328 e. The highest BCUT2D eigenvalue weighted by Gasteiger charge is 2.19. The van der Waals surface area contributed by atoms with E-state index in [-0.39, 0.29) is 30.7 Å². The Morgan fingerprint density at radius 3 is 2.84 bits per heavy atom. The summed E-state index contributed by atoms with van der Waals surface area (Å²) in [4.78, 5) is 30.4. The summed E-state index contributed by atoms with van der Waals surface area (Å²) in [5, 5.41) is 0. The number of pyridine rings is 1. The average molecular weight is 444 g/mol. The number of fused-ring (bicyclic) bond motifs is 1. The predicted molar refractivity (Wildman–Crippen MR) is 119 cm³/mol. The molecule has 1 fully saturated rings. The first kappa shape index (κ1) is 22.0. The maximum absolute atomic E-state index is 12.5. The molecule has 0 aromatic carbocycles. The fraction of sp³-hybridized carbons (Fsp3) is 0.524. The lowest BCUT2D eigenvalue weighted by molar-refractivity contribution is 0.122. The Labute approximate surface area is 185 Å². The zero-order chi connectivity index (χ0) is 22.5. The molecule has 172 valence electrons. The Kier molecular flexibility index (Phi) is 6.86. The number of nitrogen functional groups attached to an aromatic ring is 1. The molecule has 0 radical (unpaired) electrons. The number of aromatic nitrogens is 5. The van der Waals surface area contributed by atoms with E-state index in [1.54, 1.807) is 13.3 Å². The van der Waals surface area contributed by atoms with Gasteiger partial charge in [-0.05, 0) is 32.0 Å². The van der Waals surface area contributed by atoms with Gasteiger partial charge in [0.05, 0.1) is 13.2 Å². The van der Waals surface area contributed by atoms with Crippen molar-refractivity contribution in [3.8, 4) is 11.9 Å². The standard InChI is InChI=1S/C21H29N7O4/c1-27-8-4-3-5-15(27)13-32-16-7-6-14(11-23-16)12-28-19-17(24-21(28)29)18(22)25-20(26-19)31-10-9-30-2/h6-7,11,15H,3-5,8-10,12-13H2,1-2H3,(H,24,29)(H2,22,25,26). The fourth-order valence-corrected chi connectivity index (χ4v) is 3.77. The van der Waals surface area contributed by atoms with Gasteiger partial charge in [0.1, 0.15) is 18.7 Å². The van der Waals surface area contributed by atoms with Crippen LogP contribution in [0, 0.1) is 0 Å². The smallest absolute Gasteiger partial charge is 0.328 e. The van der Waals surface area contributed by atoms with Crippen LogP contribution >= 0.6 is 0 Å². The van der Waals surface area contributed by atoms with Gasteiger partial charge in [0.25, 0.3) is 0 Å². The van der Waals surface area contributed by atoms with Crippen molar-refractivity contribution in [3.63, 3.8) is 0 Å². The van der Waals surface area contributed by atoms with Gasteiger partial charge < -0.3 is 29.8 Å². The van der Waals surface area contributed by atoms with Crippen LogP contribution in [0.5, 0.6) is 11.9 Å². The van der Waals surface area contributed by atoms with Crippen molar-refractivity contribution in [2.45, 2.75) is 31.8 Å². The van der Waals surface area contributed by atoms with E-state index in [0.717, 1.165) is 18.5 Å². The third kappa shape index (κ3) is 5.00. The summed E-state index contributed by atoms with van der Waals surface area (Å²) < 4.78 is 17.8. The number of methoxy groups -OCH3 is 1. The predicted octanol–water partition coefficient (Wildman–Crippen LogP) is 1.03. The molecule has 0 spiro atoms. The van der Waals surface area contributed by atoms with E-state index in [9.17, 15) is 4.79 Å². The van der Waals surface area contributed by atoms with Crippen LogP contribution in [0.3, 0.4) is 0 Å². The van der Waals surface area contributed by atoms with Gasteiger partial charge in [-0.1, -0.05) is 12.5 Å². The molecule has 0 aliphatic carbocycles. The van der Waals surface area contributed by atoms with Crippen LogP contribution in [-0.4, -0.2) is 76.0 Å². The molecule has 0 saturated carbocycles. The van der Waals surface area contributed by atoms with E-state index in [0.29, 0.717) is 36.3 Å². The van der Waals surface area contributed by atoms with E-state index in [1.807, 2.05) is 12.1 Å². The molecule has 4 rings (SSSR count). The molecule has 0 bridgehead atoms. The minimum atomic E-state index is -0.337. The summed E-state index contributed by atoms with van der Waals surface area (Å²) in [7, 11) is 3.71. The Balaban J connectivity index is 1.46. The first-order valence-corrected chi connectivity index (χ1v) is 10.7. The Morgan fingerprint density at radius 2 is 2.09 bits per heavy atom. The van der Waals surface area contributed by atoms with Crippen molar-refractivity contribution >= 4 is 17.0 Å². The zero-order valence-corrected chi connectivity index (χ0v) is 18.4. The van der Waals surface area contributed by atoms with Gasteiger partial charge in [0, 0.05) is 25.4 Å². The van der Waals surface area contributed by atoms with Gasteiger partial charge in [-0.15, -0.1) is 0 Å². The van der Waals surface area contributed by atoms with E-state index in [4.69, 9.17) is 19.9 Å². The summed E-state index contributed by atoms with van der Waals surface area (Å²) >= 11 is 0. The van der Waals surface area contributed by atoms with Crippen LogP contribution in [0.25, 0.3) is 11.2 Å². The Morgan fingerprint density at radius 1 is 1.22 bits per heavy atom. The molecule has 1 aliphatic heterocycles. The summed E-state index contributed by atoms with van der Waals surface area (Å²) in [5.41, 5.74) is 7.22. The van der Waals surface area contributed by atoms with Gasteiger partial charge in [0.2, 0.25) is 5.88 Å². The topological polar surface area (TPSA) is 133 Å². The van der Waals surface area contributed by atoms with E-state index >= 15 is 0 Å². The van der Waals surface area contributed by atoms with Crippen LogP contribution in [0.15, 0.2) is 23.1 Å². The van der Waals surface area contributed by atoms with Gasteiger partial charge in [0.15, 0.2) is 11.5 Å². The van der Waals surface area contributed by atoms with Crippen LogP contribution in [0.2, 0.25) is 0 Å². The second-order valence-corrected chi connectivity index (χ2v) is 7.89. The van der Waals surface area contributed by atoms with Crippen molar-refractivity contribution in [1.82, 2.24) is 29.4 Å². The number of piperidine rings is 1. The van der Waals surface area contributed by atoms with Crippen LogP contribution in [0.4, 0.5) is 5.82 Å². The van der Waals surface area contributed by atoms with E-state index in [1.165, 1.54) is 17.4 Å². The van der Waals surface area contributed by atoms with Gasteiger partial charge in [-0.3, -0.25) is 4.57 Å². The summed E-state index contributed by atoms with van der Waals surface area (Å²) in [6, 6.07) is 4.22. The number of aromatic amines is 1. The van der Waals surface area contributed by atoms with Crippen LogP contribution in [0.1, 0.15) is 24.8 Å². The van der Waals surface area contributed by atoms with E-state index in [2.05, 4.69) is 31.9 Å². The highest BCUT2D eigenvalue weighted by molar-refractivity contribution is 5.81. The molecule has 1 atom stereocenters. The number of anilines is 1. The highest BCUT2D eigenvalue weighted by atomic mass is 16.5. The molecule has 0 amide bonds. The lowest BCUT2D eigenvalue weighted by atomic mass is 10.0. The molecule has 11 nitrogen and oxygen atoms in total. The molecule has 3 aromatic rings. The normalized spacial score (nSPS) is 17.0. The zero-order valence-electron chi connectivity index (χ0n) is 18.4. The summed E-state index contributed by atoms with van der Waals surface area (Å²) in [6.07, 6.45) is 5.31. The number of likely N-dealkylation sites (N-methyl/N-ethyl adjacent to an activating group) is 1. The number of likely N-dealkylation sites (tertiary alicyclic amines) is 1. The second kappa shape index (κ2) is 9.96. The van der Waals surface area contributed by atoms with Crippen molar-refractivity contribution in [2.24, 2.45) is 0 Å². The van der Waals surface area contributed by atoms with Crippen molar-refractivity contribution < 1.29 is 14.2 Å². The number of nitrogens with two attached hydrogens (primary N) is 1. The lowest BCUT2D eigenvalue weighted by Gasteiger charge is -2.31. The molecular weight excluding hydrogens is 414 g/mol. The Bertz CT molecular complexity index is 1100. The van der Waals surface area contributed by atoms with Gasteiger partial charge in [-0.2, -0.15) is 9.97 Å². The van der Waals surface area contributed by atoms with E-state index < -0.39 is 0 Å². The monoisotopic (exact) mass is 443 g/mol. The molecule has 11 heteroatoms. The highest BCUT2D eigenvalue weighted by Crippen LogP contribution is 2.19. The largest absolute Gasteiger partial charge is 0.476 e. The third-order valence-electron chi connectivity index (χ3n) is 5.63. The molecule has 1 unspecified atom stereocenters. The minimum Gasteiger partial charge on any atom is -0.476 e. The number of ether oxygens (including phenoxy) is 3. The minimum absolute atomic E-state index is 0.0920. The molecule has 1 saturated heterocycles. The first-order chi connectivity index (χ1) is 15.5. The van der Waals surface area contributed by atoms with Crippen molar-refractivity contribution in [1.29, 1.82) is 0 Å². The molecule has 32 heavy (non-hydrogen) atoms. The van der Waals surface area contributed by atoms with Crippen molar-refractivity contribution in [3.05, 3.63) is 34.4 Å². The fourth-order valence-electron chi connectivity index (χ4n) is 3.77. The summed E-state index contributed by atoms with van der Waals surface area (Å²) in [6.45, 7) is 2.65. The first-order valence-electron chi connectivity index (χ1n) is 10.7. The van der Waals surface area contributed by atoms with Crippen LogP contribution < -0.4 is 20.9 Å².